The number of hydrogen-bond donors (Lipinski definition) is 3. The molecule has 2 aliphatic rings. The van der Waals surface area contributed by atoms with Crippen LogP contribution >= 0.6 is 27.5 Å². The zero-order valence-electron chi connectivity index (χ0n) is 13.4. The number of anilines is 2. The van der Waals surface area contributed by atoms with Crippen LogP contribution in [0, 0.1) is 0 Å². The number of amides is 2. The Morgan fingerprint density at radius 1 is 1.24 bits per heavy atom. The van der Waals surface area contributed by atoms with Gasteiger partial charge >= 0.3 is 0 Å². The van der Waals surface area contributed by atoms with E-state index in [0.29, 0.717) is 26.6 Å². The normalized spacial score (nSPS) is 21.3. The summed E-state index contributed by atoms with van der Waals surface area (Å²) in [7, 11) is 0. The number of hydrogen-bond acceptors (Lipinski definition) is 3. The SMILES string of the molecule is CC(C)n1[nH]c(=O)c2c1NC(=O)C[C@]21C(=O)Nc2c(Br)cc(Cl)cc21. The van der Waals surface area contributed by atoms with Crippen molar-refractivity contribution in [3.63, 3.8) is 0 Å². The summed E-state index contributed by atoms with van der Waals surface area (Å²) in [5, 5.41) is 8.66. The molecule has 7 nitrogen and oxygen atoms in total. The van der Waals surface area contributed by atoms with Crippen LogP contribution in [0.15, 0.2) is 21.4 Å². The Bertz CT molecular complexity index is 1010. The van der Waals surface area contributed by atoms with E-state index >= 15 is 0 Å². The van der Waals surface area contributed by atoms with Crippen LogP contribution in [0.1, 0.15) is 37.4 Å². The highest BCUT2D eigenvalue weighted by Gasteiger charge is 2.56. The molecule has 1 aromatic heterocycles. The monoisotopic (exact) mass is 424 g/mol. The van der Waals surface area contributed by atoms with E-state index < -0.39 is 16.9 Å². The summed E-state index contributed by atoms with van der Waals surface area (Å²) in [6, 6.07) is 3.20. The number of fused-ring (bicyclic) bond motifs is 4. The maximum Gasteiger partial charge on any atom is 0.270 e. The number of aromatic nitrogens is 2. The van der Waals surface area contributed by atoms with Crippen molar-refractivity contribution in [1.82, 2.24) is 9.78 Å². The summed E-state index contributed by atoms with van der Waals surface area (Å²) in [6.45, 7) is 3.75. The van der Waals surface area contributed by atoms with Crippen LogP contribution in [0.3, 0.4) is 0 Å². The zero-order valence-corrected chi connectivity index (χ0v) is 15.7. The molecule has 0 bridgehead atoms. The summed E-state index contributed by atoms with van der Waals surface area (Å²) in [6.07, 6.45) is -0.156. The Morgan fingerprint density at radius 2 is 1.96 bits per heavy atom. The quantitative estimate of drug-likeness (QED) is 0.655. The van der Waals surface area contributed by atoms with Gasteiger partial charge in [0.1, 0.15) is 11.2 Å². The number of halogens is 2. The first-order valence-corrected chi connectivity index (χ1v) is 8.88. The van der Waals surface area contributed by atoms with Crippen molar-refractivity contribution in [2.45, 2.75) is 31.7 Å². The fourth-order valence-corrected chi connectivity index (χ4v) is 4.57. The molecule has 0 unspecified atom stereocenters. The molecule has 0 aliphatic carbocycles. The number of H-pyrrole nitrogens is 1. The van der Waals surface area contributed by atoms with Crippen LogP contribution in [-0.4, -0.2) is 21.6 Å². The van der Waals surface area contributed by atoms with Crippen LogP contribution in [-0.2, 0) is 15.0 Å². The molecule has 0 saturated heterocycles. The second-order valence-corrected chi connectivity index (χ2v) is 7.81. The molecular formula is C16H14BrClN4O3. The topological polar surface area (TPSA) is 96.0 Å². The van der Waals surface area contributed by atoms with Crippen molar-refractivity contribution in [2.75, 3.05) is 10.6 Å². The third-order valence-corrected chi connectivity index (χ3v) is 5.54. The Hall–Kier alpha value is -2.06. The lowest BCUT2D eigenvalue weighted by Crippen LogP contribution is -2.46. The molecule has 1 atom stereocenters. The van der Waals surface area contributed by atoms with Gasteiger partial charge < -0.3 is 10.6 Å². The number of benzene rings is 1. The summed E-state index contributed by atoms with van der Waals surface area (Å²) >= 11 is 9.56. The maximum atomic E-state index is 13.0. The lowest BCUT2D eigenvalue weighted by molar-refractivity contribution is -0.125. The molecule has 25 heavy (non-hydrogen) atoms. The second-order valence-electron chi connectivity index (χ2n) is 6.52. The van der Waals surface area contributed by atoms with E-state index in [4.69, 9.17) is 11.6 Å². The van der Waals surface area contributed by atoms with Gasteiger partial charge in [-0.15, -0.1) is 0 Å². The van der Waals surface area contributed by atoms with Crippen molar-refractivity contribution in [2.24, 2.45) is 0 Å². The molecule has 2 aromatic rings. The van der Waals surface area contributed by atoms with E-state index in [1.54, 1.807) is 16.8 Å². The highest BCUT2D eigenvalue weighted by Crippen LogP contribution is 2.51. The molecule has 9 heteroatoms. The van der Waals surface area contributed by atoms with Crippen molar-refractivity contribution in [3.05, 3.63) is 43.1 Å². The van der Waals surface area contributed by atoms with Crippen LogP contribution in [0.2, 0.25) is 5.02 Å². The number of nitrogens with zero attached hydrogens (tertiary/aromatic N) is 1. The molecule has 1 spiro atoms. The van der Waals surface area contributed by atoms with E-state index in [0.717, 1.165) is 0 Å². The number of nitrogens with one attached hydrogen (secondary N) is 3. The highest BCUT2D eigenvalue weighted by atomic mass is 79.9. The largest absolute Gasteiger partial charge is 0.324 e. The van der Waals surface area contributed by atoms with Gasteiger partial charge in [0.05, 0.1) is 17.7 Å². The van der Waals surface area contributed by atoms with E-state index in [9.17, 15) is 14.4 Å². The van der Waals surface area contributed by atoms with Crippen LogP contribution in [0.4, 0.5) is 11.5 Å². The number of aromatic amines is 1. The highest BCUT2D eigenvalue weighted by molar-refractivity contribution is 9.10. The van der Waals surface area contributed by atoms with Crippen LogP contribution < -0.4 is 16.2 Å². The van der Waals surface area contributed by atoms with Crippen molar-refractivity contribution < 1.29 is 9.59 Å². The van der Waals surface area contributed by atoms with Gasteiger partial charge in [-0.1, -0.05) is 11.6 Å². The van der Waals surface area contributed by atoms with Crippen molar-refractivity contribution in [3.8, 4) is 0 Å². The molecule has 1 aromatic carbocycles. The predicted molar refractivity (Wildman–Crippen MR) is 97.2 cm³/mol. The van der Waals surface area contributed by atoms with Crippen LogP contribution in [0.5, 0.6) is 0 Å². The first kappa shape index (κ1) is 16.4. The molecule has 130 valence electrons. The fourth-order valence-electron chi connectivity index (χ4n) is 3.66. The molecule has 3 N–H and O–H groups in total. The lowest BCUT2D eigenvalue weighted by Gasteiger charge is -2.31. The smallest absolute Gasteiger partial charge is 0.270 e. The Kier molecular flexibility index (Phi) is 3.42. The average molecular weight is 426 g/mol. The van der Waals surface area contributed by atoms with Crippen molar-refractivity contribution >= 4 is 50.9 Å². The summed E-state index contributed by atoms with van der Waals surface area (Å²) < 4.78 is 2.17. The van der Waals surface area contributed by atoms with Gasteiger partial charge in [0, 0.05) is 15.5 Å². The number of carbonyl (C=O) groups is 2. The second kappa shape index (κ2) is 5.22. The molecule has 2 amide bonds. The van der Waals surface area contributed by atoms with Gasteiger partial charge in [0.15, 0.2) is 0 Å². The molecule has 0 radical (unpaired) electrons. The van der Waals surface area contributed by atoms with E-state index in [1.165, 1.54) is 0 Å². The number of carbonyl (C=O) groups excluding carboxylic acids is 2. The Morgan fingerprint density at radius 3 is 2.64 bits per heavy atom. The molecule has 3 heterocycles. The van der Waals surface area contributed by atoms with Gasteiger partial charge in [0.2, 0.25) is 11.8 Å². The standard InChI is InChI=1S/C16H14BrClN4O3/c1-6(2)22-13-11(14(24)21-22)16(5-10(23)19-13)8-3-7(18)4-9(17)12(8)20-15(16)25/h3-4,6H,5H2,1-2H3,(H,19,23)(H,20,25)(H,21,24)/t16-/m1/s1. The predicted octanol–water partition coefficient (Wildman–Crippen LogP) is 2.75. The van der Waals surface area contributed by atoms with Gasteiger partial charge in [-0.25, -0.2) is 0 Å². The third-order valence-electron chi connectivity index (χ3n) is 4.69. The molecule has 0 saturated carbocycles. The first-order chi connectivity index (χ1) is 11.8. The maximum absolute atomic E-state index is 13.0. The zero-order chi connectivity index (χ0) is 18.1. The lowest BCUT2D eigenvalue weighted by atomic mass is 9.71. The van der Waals surface area contributed by atoms with Gasteiger partial charge in [-0.05, 0) is 47.5 Å². The average Bonchev–Trinajstić information content (AvgIpc) is 2.97. The minimum atomic E-state index is -1.39. The molecular weight excluding hydrogens is 412 g/mol. The van der Waals surface area contributed by atoms with Crippen molar-refractivity contribution in [1.29, 1.82) is 0 Å². The minimum Gasteiger partial charge on any atom is -0.324 e. The first-order valence-electron chi connectivity index (χ1n) is 7.71. The van der Waals surface area contributed by atoms with Crippen LogP contribution in [0.25, 0.3) is 0 Å². The van der Waals surface area contributed by atoms with E-state index in [-0.39, 0.29) is 23.9 Å². The molecule has 2 aliphatic heterocycles. The molecule has 4 rings (SSSR count). The summed E-state index contributed by atoms with van der Waals surface area (Å²) in [5.41, 5.74) is -0.491. The van der Waals surface area contributed by atoms with E-state index in [1.807, 2.05) is 13.8 Å². The minimum absolute atomic E-state index is 0.0954. The Labute approximate surface area is 155 Å². The van der Waals surface area contributed by atoms with Gasteiger partial charge in [0.25, 0.3) is 5.56 Å². The summed E-state index contributed by atoms with van der Waals surface area (Å²) in [5.74, 6) is -0.413. The fraction of sp³-hybridized carbons (Fsp3) is 0.312. The number of rotatable bonds is 1. The van der Waals surface area contributed by atoms with E-state index in [2.05, 4.69) is 31.7 Å². The van der Waals surface area contributed by atoms with Gasteiger partial charge in [-0.3, -0.25) is 24.2 Å². The molecule has 0 fully saturated rings. The summed E-state index contributed by atoms with van der Waals surface area (Å²) in [4.78, 5) is 38.2. The Balaban J connectivity index is 2.11. The van der Waals surface area contributed by atoms with Gasteiger partial charge in [-0.2, -0.15) is 0 Å². The third kappa shape index (κ3) is 2.07.